The zero-order valence-electron chi connectivity index (χ0n) is 10.3. The van der Waals surface area contributed by atoms with Gasteiger partial charge in [0.2, 0.25) is 11.8 Å². The number of likely N-dealkylation sites (N-methyl/N-ethyl adjacent to an activating group) is 1. The molecule has 3 N–H and O–H groups in total. The summed E-state index contributed by atoms with van der Waals surface area (Å²) in [5, 5.41) is 8.16. The van der Waals surface area contributed by atoms with Crippen molar-refractivity contribution in [3.05, 3.63) is 0 Å². The predicted molar refractivity (Wildman–Crippen MR) is 66.6 cm³/mol. The minimum absolute atomic E-state index is 0. The van der Waals surface area contributed by atoms with Crippen molar-refractivity contribution in [1.82, 2.24) is 16.0 Å². The molecule has 0 aliphatic carbocycles. The molecule has 16 heavy (non-hydrogen) atoms. The first-order valence-electron chi connectivity index (χ1n) is 5.07. The van der Waals surface area contributed by atoms with Gasteiger partial charge < -0.3 is 16.0 Å². The first-order chi connectivity index (χ1) is 6.88. The van der Waals surface area contributed by atoms with Gasteiger partial charge in [-0.15, -0.1) is 12.4 Å². The second kappa shape index (κ2) is 8.35. The fourth-order valence-corrected chi connectivity index (χ4v) is 0.866. The lowest BCUT2D eigenvalue weighted by atomic mass is 9.96. The largest absolute Gasteiger partial charge is 0.354 e. The molecular weight excluding hydrogens is 230 g/mol. The number of carbonyl (C=O) groups is 2. The van der Waals surface area contributed by atoms with Crippen molar-refractivity contribution in [2.24, 2.45) is 5.41 Å². The molecular formula is C10H22ClN3O2. The highest BCUT2D eigenvalue weighted by molar-refractivity contribution is 5.85. The zero-order chi connectivity index (χ0) is 11.9. The second-order valence-electron chi connectivity index (χ2n) is 4.39. The summed E-state index contributed by atoms with van der Waals surface area (Å²) >= 11 is 0. The van der Waals surface area contributed by atoms with Crippen molar-refractivity contribution in [1.29, 1.82) is 0 Å². The highest BCUT2D eigenvalue weighted by atomic mass is 35.5. The molecule has 96 valence electrons. The fourth-order valence-electron chi connectivity index (χ4n) is 0.866. The van der Waals surface area contributed by atoms with Gasteiger partial charge in [0.05, 0.1) is 6.54 Å². The van der Waals surface area contributed by atoms with E-state index in [0.29, 0.717) is 19.6 Å². The van der Waals surface area contributed by atoms with Crippen LogP contribution in [0.3, 0.4) is 0 Å². The van der Waals surface area contributed by atoms with E-state index in [1.807, 2.05) is 20.8 Å². The van der Waals surface area contributed by atoms with Gasteiger partial charge in [-0.1, -0.05) is 20.8 Å². The van der Waals surface area contributed by atoms with Gasteiger partial charge in [0.25, 0.3) is 0 Å². The molecule has 0 bridgehead atoms. The van der Waals surface area contributed by atoms with E-state index in [1.165, 1.54) is 0 Å². The molecule has 0 saturated carbocycles. The van der Waals surface area contributed by atoms with Gasteiger partial charge in [-0.25, -0.2) is 0 Å². The lowest BCUT2D eigenvalue weighted by molar-refractivity contribution is -0.128. The van der Waals surface area contributed by atoms with Crippen molar-refractivity contribution in [3.8, 4) is 0 Å². The van der Waals surface area contributed by atoms with E-state index >= 15 is 0 Å². The van der Waals surface area contributed by atoms with Crippen LogP contribution >= 0.6 is 12.4 Å². The van der Waals surface area contributed by atoms with Crippen LogP contribution in [0, 0.1) is 5.41 Å². The van der Waals surface area contributed by atoms with Crippen molar-refractivity contribution < 1.29 is 9.59 Å². The highest BCUT2D eigenvalue weighted by Gasteiger charge is 2.20. The monoisotopic (exact) mass is 251 g/mol. The molecule has 0 atom stereocenters. The van der Waals surface area contributed by atoms with Gasteiger partial charge in [0.15, 0.2) is 0 Å². The lowest BCUT2D eigenvalue weighted by Crippen LogP contribution is -2.41. The van der Waals surface area contributed by atoms with Gasteiger partial charge in [-0.2, -0.15) is 0 Å². The third kappa shape index (κ3) is 8.49. The van der Waals surface area contributed by atoms with E-state index in [0.717, 1.165) is 0 Å². The number of hydrogen-bond donors (Lipinski definition) is 3. The number of halogens is 1. The van der Waals surface area contributed by atoms with Crippen LogP contribution in [0.2, 0.25) is 0 Å². The second-order valence-corrected chi connectivity index (χ2v) is 4.39. The topological polar surface area (TPSA) is 70.2 Å². The summed E-state index contributed by atoms with van der Waals surface area (Å²) in [4.78, 5) is 22.4. The predicted octanol–water partition coefficient (Wildman–Crippen LogP) is -0.0939. The Hall–Kier alpha value is -0.810. The molecule has 6 heteroatoms. The Morgan fingerprint density at radius 1 is 1.06 bits per heavy atom. The summed E-state index contributed by atoms with van der Waals surface area (Å²) < 4.78 is 0. The molecule has 0 aromatic carbocycles. The van der Waals surface area contributed by atoms with Gasteiger partial charge in [-0.3, -0.25) is 9.59 Å². The van der Waals surface area contributed by atoms with Crippen LogP contribution < -0.4 is 16.0 Å². The molecule has 0 rings (SSSR count). The SMILES string of the molecule is CNCC(=O)NCCNC(=O)C(C)(C)C.Cl. The first kappa shape index (κ1) is 17.6. The van der Waals surface area contributed by atoms with Gasteiger partial charge in [0, 0.05) is 18.5 Å². The van der Waals surface area contributed by atoms with E-state index in [2.05, 4.69) is 16.0 Å². The summed E-state index contributed by atoms with van der Waals surface area (Å²) in [5.74, 6) is -0.0760. The Labute approximate surface area is 103 Å². The Morgan fingerprint density at radius 3 is 2.00 bits per heavy atom. The number of rotatable bonds is 5. The highest BCUT2D eigenvalue weighted by Crippen LogP contribution is 2.11. The van der Waals surface area contributed by atoms with E-state index in [-0.39, 0.29) is 29.6 Å². The summed E-state index contributed by atoms with van der Waals surface area (Å²) in [7, 11) is 1.71. The third-order valence-electron chi connectivity index (χ3n) is 1.75. The standard InChI is InChI=1S/C10H21N3O2.ClH/c1-10(2,3)9(15)13-6-5-12-8(14)7-11-4;/h11H,5-7H2,1-4H3,(H,12,14)(H,13,15);1H. The minimum Gasteiger partial charge on any atom is -0.354 e. The van der Waals surface area contributed by atoms with Crippen LogP contribution in [0.25, 0.3) is 0 Å². The maximum Gasteiger partial charge on any atom is 0.234 e. The van der Waals surface area contributed by atoms with Gasteiger partial charge in [-0.05, 0) is 7.05 Å². The Morgan fingerprint density at radius 2 is 1.56 bits per heavy atom. The molecule has 0 unspecified atom stereocenters. The van der Waals surface area contributed by atoms with Crippen LogP contribution in [-0.2, 0) is 9.59 Å². The summed E-state index contributed by atoms with van der Waals surface area (Å²) in [6.07, 6.45) is 0. The van der Waals surface area contributed by atoms with E-state index in [4.69, 9.17) is 0 Å². The molecule has 0 aliphatic heterocycles. The molecule has 0 aliphatic rings. The fraction of sp³-hybridized carbons (Fsp3) is 0.800. The summed E-state index contributed by atoms with van der Waals surface area (Å²) in [5.41, 5.74) is -0.380. The normalized spacial score (nSPS) is 10.2. The third-order valence-corrected chi connectivity index (χ3v) is 1.75. The van der Waals surface area contributed by atoms with Crippen molar-refractivity contribution in [2.45, 2.75) is 20.8 Å². The van der Waals surface area contributed by atoms with E-state index in [1.54, 1.807) is 7.05 Å². The number of nitrogens with one attached hydrogen (secondary N) is 3. The zero-order valence-corrected chi connectivity index (χ0v) is 11.2. The molecule has 0 saturated heterocycles. The quantitative estimate of drug-likeness (QED) is 0.598. The van der Waals surface area contributed by atoms with Crippen molar-refractivity contribution in [3.63, 3.8) is 0 Å². The number of amides is 2. The molecule has 0 heterocycles. The Bertz CT molecular complexity index is 227. The lowest BCUT2D eigenvalue weighted by Gasteiger charge is -2.17. The molecule has 0 aromatic heterocycles. The summed E-state index contributed by atoms with van der Waals surface area (Å²) in [6.45, 7) is 6.77. The van der Waals surface area contributed by atoms with E-state index in [9.17, 15) is 9.59 Å². The molecule has 2 amide bonds. The molecule has 0 aromatic rings. The summed E-state index contributed by atoms with van der Waals surface area (Å²) in [6, 6.07) is 0. The average molecular weight is 252 g/mol. The van der Waals surface area contributed by atoms with E-state index < -0.39 is 0 Å². The van der Waals surface area contributed by atoms with Crippen LogP contribution in [0.1, 0.15) is 20.8 Å². The first-order valence-corrected chi connectivity index (χ1v) is 5.07. The van der Waals surface area contributed by atoms with Crippen LogP contribution in [0.4, 0.5) is 0 Å². The Kier molecular flexibility index (Phi) is 9.18. The molecule has 5 nitrogen and oxygen atoms in total. The van der Waals surface area contributed by atoms with Crippen LogP contribution in [-0.4, -0.2) is 38.5 Å². The van der Waals surface area contributed by atoms with Gasteiger partial charge in [0.1, 0.15) is 0 Å². The molecule has 0 fully saturated rings. The van der Waals surface area contributed by atoms with Crippen molar-refractivity contribution >= 4 is 24.2 Å². The smallest absolute Gasteiger partial charge is 0.234 e. The number of carbonyl (C=O) groups excluding carboxylic acids is 2. The van der Waals surface area contributed by atoms with Gasteiger partial charge >= 0.3 is 0 Å². The van der Waals surface area contributed by atoms with Crippen molar-refractivity contribution in [2.75, 3.05) is 26.7 Å². The Balaban J connectivity index is 0. The minimum atomic E-state index is -0.380. The maximum absolute atomic E-state index is 11.4. The van der Waals surface area contributed by atoms with Crippen LogP contribution in [0.5, 0.6) is 0 Å². The molecule has 0 radical (unpaired) electrons. The average Bonchev–Trinajstić information content (AvgIpc) is 2.11. The number of hydrogen-bond acceptors (Lipinski definition) is 3. The maximum atomic E-state index is 11.4. The molecule has 0 spiro atoms. The van der Waals surface area contributed by atoms with Crippen LogP contribution in [0.15, 0.2) is 0 Å².